The van der Waals surface area contributed by atoms with E-state index < -0.39 is 0 Å². The lowest BCUT2D eigenvalue weighted by atomic mass is 10.2. The molecule has 0 unspecified atom stereocenters. The second-order valence-electron chi connectivity index (χ2n) is 5.78. The van der Waals surface area contributed by atoms with Gasteiger partial charge in [0.2, 0.25) is 0 Å². The Labute approximate surface area is 159 Å². The van der Waals surface area contributed by atoms with Gasteiger partial charge in [0.1, 0.15) is 11.4 Å². The molecule has 8 heteroatoms. The Kier molecular flexibility index (Phi) is 5.95. The fourth-order valence-electron chi connectivity index (χ4n) is 2.56. The molecule has 0 radical (unpaired) electrons. The summed E-state index contributed by atoms with van der Waals surface area (Å²) in [6.45, 7) is 3.98. The van der Waals surface area contributed by atoms with Crippen molar-refractivity contribution in [1.82, 2.24) is 15.0 Å². The summed E-state index contributed by atoms with van der Waals surface area (Å²) in [7, 11) is 0. The van der Waals surface area contributed by atoms with Gasteiger partial charge in [-0.2, -0.15) is 5.10 Å². The molecule has 1 N–H and O–H groups in total. The number of hydrazone groups is 1. The fraction of sp³-hybridized carbons (Fsp3) is 0.333. The van der Waals surface area contributed by atoms with Crippen LogP contribution < -0.4 is 11.0 Å². The molecule has 0 fully saturated rings. The Balaban J connectivity index is 1.75. The summed E-state index contributed by atoms with van der Waals surface area (Å²) in [6, 6.07) is 5.80. The summed E-state index contributed by atoms with van der Waals surface area (Å²) in [5, 5.41) is 6.74. The number of nitrogens with zero attached hydrogens (tertiary/aromatic N) is 3. The first-order valence-electron chi connectivity index (χ1n) is 8.49. The number of fused-ring (bicyclic) bond motifs is 1. The minimum atomic E-state index is -0.347. The SMILES string of the molecule is CCCc1cc2c(=O)n(CC(=O)N/N=C(\CC)c3cccs3)cnc2s1. The highest BCUT2D eigenvalue weighted by molar-refractivity contribution is 7.18. The monoisotopic (exact) mass is 388 g/mol. The van der Waals surface area contributed by atoms with Crippen LogP contribution >= 0.6 is 22.7 Å². The van der Waals surface area contributed by atoms with E-state index in [2.05, 4.69) is 22.4 Å². The standard InChI is InChI=1S/C18H20N4O2S2/c1-3-6-12-9-13-17(26-12)19-11-22(18(13)24)10-16(23)21-20-14(4-2)15-7-5-8-25-15/h5,7-9,11H,3-4,6,10H2,1-2H3,(H,21,23)/b20-14+. The van der Waals surface area contributed by atoms with Crippen LogP contribution in [0.1, 0.15) is 36.4 Å². The predicted octanol–water partition coefficient (Wildman–Crippen LogP) is 3.40. The summed E-state index contributed by atoms with van der Waals surface area (Å²) in [5.41, 5.74) is 3.17. The average molecular weight is 389 g/mol. The topological polar surface area (TPSA) is 76.3 Å². The molecule has 3 aromatic heterocycles. The molecule has 136 valence electrons. The molecule has 0 aliphatic rings. The first-order chi connectivity index (χ1) is 12.6. The van der Waals surface area contributed by atoms with Crippen LogP contribution in [-0.2, 0) is 17.8 Å². The van der Waals surface area contributed by atoms with Crippen LogP contribution in [0.3, 0.4) is 0 Å². The molecule has 0 aromatic carbocycles. The molecule has 0 atom stereocenters. The lowest BCUT2D eigenvalue weighted by molar-refractivity contribution is -0.121. The van der Waals surface area contributed by atoms with Gasteiger partial charge in [-0.3, -0.25) is 14.2 Å². The van der Waals surface area contributed by atoms with E-state index in [9.17, 15) is 9.59 Å². The maximum absolute atomic E-state index is 12.6. The van der Waals surface area contributed by atoms with Crippen molar-refractivity contribution in [2.45, 2.75) is 39.7 Å². The number of hydrogen-bond donors (Lipinski definition) is 1. The molecule has 6 nitrogen and oxygen atoms in total. The van der Waals surface area contributed by atoms with Gasteiger partial charge in [-0.05, 0) is 30.4 Å². The smallest absolute Gasteiger partial charge is 0.262 e. The lowest BCUT2D eigenvalue weighted by Crippen LogP contribution is -2.30. The Morgan fingerprint density at radius 1 is 1.38 bits per heavy atom. The minimum Gasteiger partial charge on any atom is -0.289 e. The van der Waals surface area contributed by atoms with Gasteiger partial charge in [0.15, 0.2) is 0 Å². The summed E-state index contributed by atoms with van der Waals surface area (Å²) in [5.74, 6) is -0.347. The fourth-order valence-corrected chi connectivity index (χ4v) is 4.44. The van der Waals surface area contributed by atoms with Gasteiger partial charge in [-0.15, -0.1) is 22.7 Å². The number of hydrogen-bond acceptors (Lipinski definition) is 6. The van der Waals surface area contributed by atoms with Gasteiger partial charge in [0, 0.05) is 4.88 Å². The molecule has 3 aromatic rings. The maximum atomic E-state index is 12.6. The zero-order valence-electron chi connectivity index (χ0n) is 14.7. The third-order valence-corrected chi connectivity index (χ3v) is 5.86. The first kappa shape index (κ1) is 18.5. The normalized spacial score (nSPS) is 11.8. The molecule has 0 bridgehead atoms. The lowest BCUT2D eigenvalue weighted by Gasteiger charge is -2.05. The largest absolute Gasteiger partial charge is 0.289 e. The first-order valence-corrected chi connectivity index (χ1v) is 10.2. The van der Waals surface area contributed by atoms with Crippen LogP contribution in [-0.4, -0.2) is 21.2 Å². The van der Waals surface area contributed by atoms with Crippen LogP contribution in [0.5, 0.6) is 0 Å². The number of thiophene rings is 2. The third-order valence-electron chi connectivity index (χ3n) is 3.84. The van der Waals surface area contributed by atoms with E-state index in [-0.39, 0.29) is 18.0 Å². The highest BCUT2D eigenvalue weighted by Gasteiger charge is 2.11. The minimum absolute atomic E-state index is 0.105. The number of aryl methyl sites for hydroxylation is 1. The molecule has 0 aliphatic carbocycles. The van der Waals surface area contributed by atoms with Gasteiger partial charge in [0.05, 0.1) is 22.3 Å². The quantitative estimate of drug-likeness (QED) is 0.498. The molecule has 3 rings (SSSR count). The number of amides is 1. The Hall–Kier alpha value is -2.32. The second kappa shape index (κ2) is 8.37. The van der Waals surface area contributed by atoms with Crippen molar-refractivity contribution in [3.05, 3.63) is 50.0 Å². The van der Waals surface area contributed by atoms with Gasteiger partial charge in [-0.1, -0.05) is 26.3 Å². The van der Waals surface area contributed by atoms with Crippen molar-refractivity contribution in [2.24, 2.45) is 5.10 Å². The summed E-state index contributed by atoms with van der Waals surface area (Å²) in [4.78, 5) is 32.0. The van der Waals surface area contributed by atoms with Crippen LogP contribution in [0.25, 0.3) is 10.2 Å². The molecular formula is C18H20N4O2S2. The van der Waals surface area contributed by atoms with Crippen molar-refractivity contribution >= 4 is 44.5 Å². The molecule has 0 saturated heterocycles. The second-order valence-corrected chi connectivity index (χ2v) is 7.85. The van der Waals surface area contributed by atoms with Gasteiger partial charge >= 0.3 is 0 Å². The van der Waals surface area contributed by atoms with Crippen LogP contribution in [0.15, 0.2) is 39.8 Å². The van der Waals surface area contributed by atoms with Crippen molar-refractivity contribution < 1.29 is 4.79 Å². The third kappa shape index (κ3) is 4.08. The molecule has 26 heavy (non-hydrogen) atoms. The highest BCUT2D eigenvalue weighted by atomic mass is 32.1. The summed E-state index contributed by atoms with van der Waals surface area (Å²) in [6.07, 6.45) is 4.09. The van der Waals surface area contributed by atoms with Gasteiger partial charge in [0.25, 0.3) is 11.5 Å². The van der Waals surface area contributed by atoms with E-state index in [1.165, 1.54) is 22.2 Å². The van der Waals surface area contributed by atoms with E-state index >= 15 is 0 Å². The molecule has 0 saturated carbocycles. The van der Waals surface area contributed by atoms with E-state index in [1.54, 1.807) is 11.3 Å². The number of carbonyl (C=O) groups excluding carboxylic acids is 1. The van der Waals surface area contributed by atoms with Crippen molar-refractivity contribution in [1.29, 1.82) is 0 Å². The maximum Gasteiger partial charge on any atom is 0.262 e. The van der Waals surface area contributed by atoms with E-state index in [0.29, 0.717) is 11.8 Å². The summed E-state index contributed by atoms with van der Waals surface area (Å²) >= 11 is 3.11. The Morgan fingerprint density at radius 2 is 2.23 bits per heavy atom. The van der Waals surface area contributed by atoms with Crippen molar-refractivity contribution in [3.63, 3.8) is 0 Å². The molecule has 3 heterocycles. The van der Waals surface area contributed by atoms with Gasteiger partial charge < -0.3 is 0 Å². The molecule has 1 amide bonds. The van der Waals surface area contributed by atoms with Crippen molar-refractivity contribution in [3.8, 4) is 0 Å². The van der Waals surface area contributed by atoms with Crippen LogP contribution in [0.2, 0.25) is 0 Å². The number of rotatable bonds is 7. The summed E-state index contributed by atoms with van der Waals surface area (Å²) < 4.78 is 1.33. The van der Waals surface area contributed by atoms with E-state index in [1.807, 2.05) is 30.5 Å². The Bertz CT molecular complexity index is 986. The molecule has 0 spiro atoms. The van der Waals surface area contributed by atoms with E-state index in [0.717, 1.165) is 33.1 Å². The van der Waals surface area contributed by atoms with Crippen LogP contribution in [0, 0.1) is 0 Å². The average Bonchev–Trinajstić information content (AvgIpc) is 3.28. The predicted molar refractivity (Wildman–Crippen MR) is 107 cm³/mol. The van der Waals surface area contributed by atoms with Crippen molar-refractivity contribution in [2.75, 3.05) is 0 Å². The highest BCUT2D eigenvalue weighted by Crippen LogP contribution is 2.21. The Morgan fingerprint density at radius 3 is 2.92 bits per heavy atom. The zero-order valence-corrected chi connectivity index (χ0v) is 16.3. The number of nitrogens with one attached hydrogen (secondary N) is 1. The number of carbonyl (C=O) groups is 1. The van der Waals surface area contributed by atoms with Crippen LogP contribution in [0.4, 0.5) is 0 Å². The zero-order chi connectivity index (χ0) is 18.5. The van der Waals surface area contributed by atoms with Gasteiger partial charge in [-0.25, -0.2) is 10.4 Å². The molecule has 0 aliphatic heterocycles. The number of aromatic nitrogens is 2. The molecular weight excluding hydrogens is 368 g/mol. The van der Waals surface area contributed by atoms with E-state index in [4.69, 9.17) is 0 Å².